The van der Waals surface area contributed by atoms with Gasteiger partial charge in [0, 0.05) is 12.6 Å². The maximum atomic E-state index is 13.6. The van der Waals surface area contributed by atoms with Crippen molar-refractivity contribution in [3.63, 3.8) is 0 Å². The Morgan fingerprint density at radius 1 is 1.40 bits per heavy atom. The molecular weight excluding hydrogens is 303 g/mol. The summed E-state index contributed by atoms with van der Waals surface area (Å²) in [5.74, 6) is -0.793. The van der Waals surface area contributed by atoms with Gasteiger partial charge in [-0.1, -0.05) is 32.4 Å². The molecule has 1 aromatic rings. The average Bonchev–Trinajstić information content (AvgIpc) is 2.30. The molecule has 0 spiro atoms. The van der Waals surface area contributed by atoms with Crippen LogP contribution in [0.5, 0.6) is 0 Å². The van der Waals surface area contributed by atoms with Gasteiger partial charge in [0.1, 0.15) is 5.82 Å². The van der Waals surface area contributed by atoms with Crippen molar-refractivity contribution < 1.29 is 12.8 Å². The minimum absolute atomic E-state index is 0.0338. The predicted octanol–water partition coefficient (Wildman–Crippen LogP) is 2.65. The van der Waals surface area contributed by atoms with Crippen molar-refractivity contribution >= 4 is 21.6 Å². The van der Waals surface area contributed by atoms with Crippen LogP contribution in [-0.4, -0.2) is 14.5 Å². The molecule has 0 amide bonds. The van der Waals surface area contributed by atoms with E-state index in [2.05, 4.69) is 4.72 Å². The molecule has 0 saturated heterocycles. The summed E-state index contributed by atoms with van der Waals surface area (Å²) in [6.45, 7) is 7.46. The van der Waals surface area contributed by atoms with Gasteiger partial charge >= 0.3 is 0 Å². The second-order valence-corrected chi connectivity index (χ2v) is 7.88. The number of rotatable bonds is 4. The maximum Gasteiger partial charge on any atom is 0.240 e. The SMILES string of the molecule is CC(NS(=O)(=O)c1cc(F)c(Cl)c(CN)c1)C(C)(C)C. The molecule has 0 saturated carbocycles. The van der Waals surface area contributed by atoms with Crippen LogP contribution in [0.25, 0.3) is 0 Å². The van der Waals surface area contributed by atoms with Gasteiger partial charge < -0.3 is 5.73 Å². The third-order valence-electron chi connectivity index (χ3n) is 3.24. The molecule has 0 aliphatic rings. The highest BCUT2D eigenvalue weighted by atomic mass is 35.5. The Kier molecular flexibility index (Phi) is 5.18. The van der Waals surface area contributed by atoms with E-state index < -0.39 is 15.8 Å². The largest absolute Gasteiger partial charge is 0.326 e. The maximum absolute atomic E-state index is 13.6. The van der Waals surface area contributed by atoms with Crippen LogP contribution in [0.4, 0.5) is 4.39 Å². The number of halogens is 2. The van der Waals surface area contributed by atoms with E-state index in [1.165, 1.54) is 6.07 Å². The Hall–Kier alpha value is -0.690. The summed E-state index contributed by atoms with van der Waals surface area (Å²) < 4.78 is 40.7. The number of hydrogen-bond donors (Lipinski definition) is 2. The monoisotopic (exact) mass is 322 g/mol. The van der Waals surface area contributed by atoms with Gasteiger partial charge in [0.15, 0.2) is 0 Å². The molecule has 3 N–H and O–H groups in total. The lowest BCUT2D eigenvalue weighted by Crippen LogP contribution is -2.41. The summed E-state index contributed by atoms with van der Waals surface area (Å²) in [6, 6.07) is 1.88. The molecule has 1 rings (SSSR count). The van der Waals surface area contributed by atoms with Crippen LogP contribution < -0.4 is 10.5 Å². The third kappa shape index (κ3) is 3.91. The van der Waals surface area contributed by atoms with Crippen molar-refractivity contribution in [2.45, 2.75) is 45.2 Å². The van der Waals surface area contributed by atoms with Gasteiger partial charge in [-0.15, -0.1) is 0 Å². The van der Waals surface area contributed by atoms with Crippen molar-refractivity contribution in [3.8, 4) is 0 Å². The summed E-state index contributed by atoms with van der Waals surface area (Å²) in [5.41, 5.74) is 5.44. The average molecular weight is 323 g/mol. The number of sulfonamides is 1. The molecule has 0 aliphatic carbocycles. The first kappa shape index (κ1) is 17.4. The highest BCUT2D eigenvalue weighted by Crippen LogP contribution is 2.26. The number of nitrogens with one attached hydrogen (secondary N) is 1. The fraction of sp³-hybridized carbons (Fsp3) is 0.538. The summed E-state index contributed by atoms with van der Waals surface area (Å²) in [4.78, 5) is -0.170. The van der Waals surface area contributed by atoms with Crippen molar-refractivity contribution in [1.29, 1.82) is 0 Å². The van der Waals surface area contributed by atoms with Crippen LogP contribution in [0.1, 0.15) is 33.3 Å². The topological polar surface area (TPSA) is 72.2 Å². The molecule has 4 nitrogen and oxygen atoms in total. The highest BCUT2D eigenvalue weighted by Gasteiger charge is 2.27. The van der Waals surface area contributed by atoms with E-state index in [0.717, 1.165) is 6.07 Å². The predicted molar refractivity (Wildman–Crippen MR) is 78.5 cm³/mol. The number of nitrogens with two attached hydrogens (primary N) is 1. The zero-order valence-electron chi connectivity index (χ0n) is 12.0. The quantitative estimate of drug-likeness (QED) is 0.895. The molecule has 0 radical (unpaired) electrons. The minimum atomic E-state index is -3.82. The van der Waals surface area contributed by atoms with Crippen LogP contribution in [0.15, 0.2) is 17.0 Å². The highest BCUT2D eigenvalue weighted by molar-refractivity contribution is 7.89. The van der Waals surface area contributed by atoms with Crippen LogP contribution in [0.3, 0.4) is 0 Å². The van der Waals surface area contributed by atoms with Gasteiger partial charge in [-0.25, -0.2) is 17.5 Å². The van der Waals surface area contributed by atoms with E-state index in [1.807, 2.05) is 20.8 Å². The first-order valence-electron chi connectivity index (χ1n) is 6.19. The van der Waals surface area contributed by atoms with Crippen molar-refractivity contribution in [2.75, 3.05) is 0 Å². The minimum Gasteiger partial charge on any atom is -0.326 e. The second kappa shape index (κ2) is 5.97. The molecule has 0 bridgehead atoms. The third-order valence-corrected chi connectivity index (χ3v) is 5.18. The van der Waals surface area contributed by atoms with E-state index >= 15 is 0 Å². The molecule has 0 heterocycles. The molecule has 0 aliphatic heterocycles. The summed E-state index contributed by atoms with van der Waals surface area (Å²) in [5, 5.41) is -0.143. The fourth-order valence-electron chi connectivity index (χ4n) is 1.40. The smallest absolute Gasteiger partial charge is 0.240 e. The molecule has 1 aromatic carbocycles. The van der Waals surface area contributed by atoms with E-state index in [9.17, 15) is 12.8 Å². The van der Waals surface area contributed by atoms with Crippen LogP contribution in [0, 0.1) is 11.2 Å². The molecule has 0 aromatic heterocycles. The van der Waals surface area contributed by atoms with Crippen molar-refractivity contribution in [3.05, 3.63) is 28.5 Å². The van der Waals surface area contributed by atoms with Crippen molar-refractivity contribution in [2.24, 2.45) is 11.1 Å². The summed E-state index contributed by atoms with van der Waals surface area (Å²) >= 11 is 5.72. The molecule has 20 heavy (non-hydrogen) atoms. The Morgan fingerprint density at radius 3 is 2.40 bits per heavy atom. The fourth-order valence-corrected chi connectivity index (χ4v) is 3.10. The zero-order chi connectivity index (χ0) is 15.7. The molecule has 7 heteroatoms. The molecular formula is C13H20ClFN2O2S. The standard InChI is InChI=1S/C13H20ClFN2O2S/c1-8(13(2,3)4)17-20(18,19)10-5-9(7-16)12(14)11(15)6-10/h5-6,8,17H,7,16H2,1-4H3. The first-order chi connectivity index (χ1) is 8.99. The Morgan fingerprint density at radius 2 is 1.95 bits per heavy atom. The number of benzene rings is 1. The molecule has 1 unspecified atom stereocenters. The van der Waals surface area contributed by atoms with Gasteiger partial charge in [-0.05, 0) is 30.0 Å². The lowest BCUT2D eigenvalue weighted by atomic mass is 9.89. The van der Waals surface area contributed by atoms with Crippen LogP contribution in [0.2, 0.25) is 5.02 Å². The van der Waals surface area contributed by atoms with E-state index in [1.54, 1.807) is 6.92 Å². The van der Waals surface area contributed by atoms with Gasteiger partial charge in [0.25, 0.3) is 0 Å². The van der Waals surface area contributed by atoms with E-state index in [0.29, 0.717) is 0 Å². The Bertz CT molecular complexity index is 597. The summed E-state index contributed by atoms with van der Waals surface area (Å²) in [7, 11) is -3.82. The normalized spacial score (nSPS) is 14.3. The van der Waals surface area contributed by atoms with Gasteiger partial charge in [0.2, 0.25) is 10.0 Å². The Labute approximate surface area is 124 Å². The molecule has 0 fully saturated rings. The van der Waals surface area contributed by atoms with Gasteiger partial charge in [-0.2, -0.15) is 0 Å². The Balaban J connectivity index is 3.20. The van der Waals surface area contributed by atoms with Crippen LogP contribution in [-0.2, 0) is 16.6 Å². The number of hydrogen-bond acceptors (Lipinski definition) is 3. The van der Waals surface area contributed by atoms with E-state index in [-0.39, 0.29) is 33.5 Å². The van der Waals surface area contributed by atoms with Gasteiger partial charge in [0.05, 0.1) is 9.92 Å². The molecule has 114 valence electrons. The van der Waals surface area contributed by atoms with Gasteiger partial charge in [-0.3, -0.25) is 0 Å². The first-order valence-corrected chi connectivity index (χ1v) is 8.05. The zero-order valence-corrected chi connectivity index (χ0v) is 13.6. The lowest BCUT2D eigenvalue weighted by molar-refractivity contribution is 0.317. The van der Waals surface area contributed by atoms with Crippen molar-refractivity contribution in [1.82, 2.24) is 4.72 Å². The van der Waals surface area contributed by atoms with Crippen LogP contribution >= 0.6 is 11.6 Å². The second-order valence-electron chi connectivity index (χ2n) is 5.79. The summed E-state index contributed by atoms with van der Waals surface area (Å²) in [6.07, 6.45) is 0. The van der Waals surface area contributed by atoms with E-state index in [4.69, 9.17) is 17.3 Å². The molecule has 1 atom stereocenters. The lowest BCUT2D eigenvalue weighted by Gasteiger charge is -2.27.